The quantitative estimate of drug-likeness (QED) is 0.758. The van der Waals surface area contributed by atoms with Crippen molar-refractivity contribution in [3.8, 4) is 0 Å². The van der Waals surface area contributed by atoms with Gasteiger partial charge in [-0.3, -0.25) is 0 Å². The molecule has 0 saturated carbocycles. The maximum Gasteiger partial charge on any atom is 0.231 e. The average Bonchev–Trinajstić information content (AvgIpc) is 2.53. The minimum atomic E-state index is 0.732. The van der Waals surface area contributed by atoms with Crippen LogP contribution in [0.2, 0.25) is 0 Å². The molecule has 1 aromatic carbocycles. The van der Waals surface area contributed by atoms with E-state index in [9.17, 15) is 0 Å². The number of anilines is 3. The standard InChI is InChI=1S/C18H27N5/c1-5-23(16-9-6-8-15(2)14-16)18-20-12-10-17(21-18)19-11-7-13-22(3)4/h6,8-10,12,14H,5,7,11,13H2,1-4H3,(H,19,20,21). The Morgan fingerprint density at radius 3 is 2.70 bits per heavy atom. The summed E-state index contributed by atoms with van der Waals surface area (Å²) >= 11 is 0. The number of nitrogens with zero attached hydrogens (tertiary/aromatic N) is 4. The van der Waals surface area contributed by atoms with Crippen molar-refractivity contribution in [2.45, 2.75) is 20.3 Å². The Morgan fingerprint density at radius 2 is 2.00 bits per heavy atom. The largest absolute Gasteiger partial charge is 0.370 e. The van der Waals surface area contributed by atoms with Crippen LogP contribution in [-0.2, 0) is 0 Å². The van der Waals surface area contributed by atoms with Gasteiger partial charge < -0.3 is 15.1 Å². The highest BCUT2D eigenvalue weighted by atomic mass is 15.3. The molecule has 0 unspecified atom stereocenters. The zero-order valence-corrected chi connectivity index (χ0v) is 14.6. The Kier molecular flexibility index (Phi) is 6.35. The number of rotatable bonds is 8. The number of nitrogens with one attached hydrogen (secondary N) is 1. The molecule has 1 aromatic heterocycles. The third-order valence-electron chi connectivity index (χ3n) is 3.60. The van der Waals surface area contributed by atoms with E-state index in [-0.39, 0.29) is 0 Å². The molecule has 0 bridgehead atoms. The number of hydrogen-bond donors (Lipinski definition) is 1. The third kappa shape index (κ3) is 5.21. The third-order valence-corrected chi connectivity index (χ3v) is 3.60. The first kappa shape index (κ1) is 17.2. The summed E-state index contributed by atoms with van der Waals surface area (Å²) in [7, 11) is 4.17. The first-order valence-corrected chi connectivity index (χ1v) is 8.16. The average molecular weight is 313 g/mol. The SMILES string of the molecule is CCN(c1cccc(C)c1)c1nccc(NCCCN(C)C)n1. The molecule has 124 valence electrons. The molecule has 0 aliphatic heterocycles. The smallest absolute Gasteiger partial charge is 0.231 e. The lowest BCUT2D eigenvalue weighted by molar-refractivity contribution is 0.405. The summed E-state index contributed by atoms with van der Waals surface area (Å²) in [6.45, 7) is 7.01. The number of benzene rings is 1. The van der Waals surface area contributed by atoms with Gasteiger partial charge in [0.05, 0.1) is 0 Å². The van der Waals surface area contributed by atoms with Crippen molar-refractivity contribution >= 4 is 17.5 Å². The molecule has 5 heteroatoms. The fourth-order valence-corrected chi connectivity index (χ4v) is 2.42. The highest BCUT2D eigenvalue weighted by molar-refractivity contribution is 5.59. The second-order valence-electron chi connectivity index (χ2n) is 5.91. The van der Waals surface area contributed by atoms with Crippen molar-refractivity contribution in [1.82, 2.24) is 14.9 Å². The molecule has 2 rings (SSSR count). The van der Waals surface area contributed by atoms with Gasteiger partial charge in [-0.1, -0.05) is 12.1 Å². The molecule has 2 aromatic rings. The zero-order chi connectivity index (χ0) is 16.7. The van der Waals surface area contributed by atoms with Crippen LogP contribution in [0.1, 0.15) is 18.9 Å². The maximum absolute atomic E-state index is 4.66. The molecule has 0 radical (unpaired) electrons. The molecular formula is C18H27N5. The maximum atomic E-state index is 4.66. The van der Waals surface area contributed by atoms with Gasteiger partial charge in [0.1, 0.15) is 5.82 Å². The van der Waals surface area contributed by atoms with E-state index in [2.05, 4.69) is 77.3 Å². The Hall–Kier alpha value is -2.14. The van der Waals surface area contributed by atoms with Crippen LogP contribution >= 0.6 is 0 Å². The van der Waals surface area contributed by atoms with Gasteiger partial charge in [0.15, 0.2) is 0 Å². The minimum Gasteiger partial charge on any atom is -0.370 e. The molecule has 1 N–H and O–H groups in total. The van der Waals surface area contributed by atoms with Gasteiger partial charge in [0.2, 0.25) is 5.95 Å². The predicted octanol–water partition coefficient (Wildman–Crippen LogP) is 3.31. The predicted molar refractivity (Wildman–Crippen MR) is 97.6 cm³/mol. The van der Waals surface area contributed by atoms with E-state index in [4.69, 9.17) is 0 Å². The zero-order valence-electron chi connectivity index (χ0n) is 14.6. The summed E-state index contributed by atoms with van der Waals surface area (Å²) in [5.74, 6) is 1.61. The van der Waals surface area contributed by atoms with Crippen molar-refractivity contribution in [3.05, 3.63) is 42.1 Å². The molecule has 0 fully saturated rings. The first-order chi connectivity index (χ1) is 11.1. The lowest BCUT2D eigenvalue weighted by Gasteiger charge is -2.21. The molecule has 0 aliphatic rings. The lowest BCUT2D eigenvalue weighted by atomic mass is 10.2. The van der Waals surface area contributed by atoms with Crippen LogP contribution in [0.25, 0.3) is 0 Å². The molecule has 0 atom stereocenters. The topological polar surface area (TPSA) is 44.3 Å². The summed E-state index contributed by atoms with van der Waals surface area (Å²) in [5.41, 5.74) is 2.36. The van der Waals surface area contributed by atoms with Crippen LogP contribution in [0, 0.1) is 6.92 Å². The summed E-state index contributed by atoms with van der Waals surface area (Å²) in [4.78, 5) is 13.4. The van der Waals surface area contributed by atoms with Gasteiger partial charge in [-0.2, -0.15) is 4.98 Å². The second-order valence-corrected chi connectivity index (χ2v) is 5.91. The molecule has 0 aliphatic carbocycles. The van der Waals surface area contributed by atoms with Crippen LogP contribution in [-0.4, -0.2) is 48.6 Å². The second kappa shape index (κ2) is 8.48. The van der Waals surface area contributed by atoms with Crippen LogP contribution in [0.4, 0.5) is 17.5 Å². The van der Waals surface area contributed by atoms with E-state index < -0.39 is 0 Å². The van der Waals surface area contributed by atoms with Gasteiger partial charge in [-0.25, -0.2) is 4.98 Å². The Morgan fingerprint density at radius 1 is 1.17 bits per heavy atom. The molecule has 23 heavy (non-hydrogen) atoms. The fourth-order valence-electron chi connectivity index (χ4n) is 2.42. The van der Waals surface area contributed by atoms with Gasteiger partial charge >= 0.3 is 0 Å². The highest BCUT2D eigenvalue weighted by Gasteiger charge is 2.10. The molecule has 0 amide bonds. The Bertz CT molecular complexity index is 612. The van der Waals surface area contributed by atoms with Crippen molar-refractivity contribution < 1.29 is 0 Å². The van der Waals surface area contributed by atoms with E-state index in [1.165, 1.54) is 5.56 Å². The van der Waals surface area contributed by atoms with Crippen molar-refractivity contribution in [2.24, 2.45) is 0 Å². The highest BCUT2D eigenvalue weighted by Crippen LogP contribution is 2.23. The number of hydrogen-bond acceptors (Lipinski definition) is 5. The first-order valence-electron chi connectivity index (χ1n) is 8.16. The van der Waals surface area contributed by atoms with Crippen LogP contribution in [0.5, 0.6) is 0 Å². The summed E-state index contributed by atoms with van der Waals surface area (Å²) in [6.07, 6.45) is 2.90. The summed E-state index contributed by atoms with van der Waals surface area (Å²) in [5, 5.41) is 3.38. The molecule has 0 spiro atoms. The number of aromatic nitrogens is 2. The summed E-state index contributed by atoms with van der Waals surface area (Å²) < 4.78 is 0. The molecular weight excluding hydrogens is 286 g/mol. The van der Waals surface area contributed by atoms with E-state index in [1.54, 1.807) is 0 Å². The summed E-state index contributed by atoms with van der Waals surface area (Å²) in [6, 6.07) is 10.3. The molecule has 0 saturated heterocycles. The van der Waals surface area contributed by atoms with Gasteiger partial charge in [-0.15, -0.1) is 0 Å². The van der Waals surface area contributed by atoms with Gasteiger partial charge in [0.25, 0.3) is 0 Å². The van der Waals surface area contributed by atoms with E-state index >= 15 is 0 Å². The van der Waals surface area contributed by atoms with Crippen LogP contribution in [0.15, 0.2) is 36.5 Å². The monoisotopic (exact) mass is 313 g/mol. The van der Waals surface area contributed by atoms with E-state index in [0.29, 0.717) is 0 Å². The fraction of sp³-hybridized carbons (Fsp3) is 0.444. The Balaban J connectivity index is 2.08. The van der Waals surface area contributed by atoms with Crippen molar-refractivity contribution in [2.75, 3.05) is 43.9 Å². The van der Waals surface area contributed by atoms with E-state index in [1.807, 2.05) is 12.3 Å². The number of aryl methyl sites for hydroxylation is 1. The normalized spacial score (nSPS) is 10.8. The van der Waals surface area contributed by atoms with E-state index in [0.717, 1.165) is 43.5 Å². The van der Waals surface area contributed by atoms with Crippen molar-refractivity contribution in [1.29, 1.82) is 0 Å². The molecule has 1 heterocycles. The van der Waals surface area contributed by atoms with Crippen molar-refractivity contribution in [3.63, 3.8) is 0 Å². The van der Waals surface area contributed by atoms with Crippen LogP contribution < -0.4 is 10.2 Å². The lowest BCUT2D eigenvalue weighted by Crippen LogP contribution is -2.20. The minimum absolute atomic E-state index is 0.732. The van der Waals surface area contributed by atoms with Gasteiger partial charge in [0, 0.05) is 25.0 Å². The van der Waals surface area contributed by atoms with Gasteiger partial charge in [-0.05, 0) is 64.7 Å². The molecule has 5 nitrogen and oxygen atoms in total. The van der Waals surface area contributed by atoms with Crippen LogP contribution in [0.3, 0.4) is 0 Å². The Labute approximate surface area is 139 Å².